The maximum atomic E-state index is 13.3. The van der Waals surface area contributed by atoms with Crippen molar-refractivity contribution in [1.29, 1.82) is 0 Å². The highest BCUT2D eigenvalue weighted by atomic mass is 79.9. The summed E-state index contributed by atoms with van der Waals surface area (Å²) in [5, 5.41) is 10.1. The van der Waals surface area contributed by atoms with Crippen molar-refractivity contribution < 1.29 is 14.2 Å². The molecule has 0 amide bonds. The quantitative estimate of drug-likeness (QED) is 0.866. The molecule has 2 nitrogen and oxygen atoms in total. The Morgan fingerprint density at radius 1 is 1.62 bits per heavy atom. The molecule has 0 saturated carbocycles. The second kappa shape index (κ2) is 4.86. The van der Waals surface area contributed by atoms with E-state index in [2.05, 4.69) is 21.9 Å². The summed E-state index contributed by atoms with van der Waals surface area (Å²) in [5.41, 5.74) is -0.780. The molecule has 0 saturated heterocycles. The van der Waals surface area contributed by atoms with Crippen LogP contribution in [0.25, 0.3) is 0 Å². The van der Waals surface area contributed by atoms with Gasteiger partial charge in [-0.3, -0.25) is 0 Å². The molecule has 1 aromatic rings. The third kappa shape index (κ3) is 2.55. The molecular weight excluding hydrogens is 275 g/mol. The Morgan fingerprint density at radius 2 is 2.25 bits per heavy atom. The number of hydrogen-bond acceptors (Lipinski definition) is 2. The lowest BCUT2D eigenvalue weighted by Crippen LogP contribution is -2.21. The average molecular weight is 287 g/mol. The first-order valence-corrected chi connectivity index (χ1v) is 5.41. The van der Waals surface area contributed by atoms with E-state index in [1.807, 2.05) is 0 Å². The number of halogens is 2. The summed E-state index contributed by atoms with van der Waals surface area (Å²) >= 11 is 3.06. The summed E-state index contributed by atoms with van der Waals surface area (Å²) in [6.07, 6.45) is 5.30. The number of aliphatic hydroxyl groups is 1. The Bertz CT molecular complexity index is 435. The first-order chi connectivity index (χ1) is 7.42. The highest BCUT2D eigenvalue weighted by molar-refractivity contribution is 9.10. The van der Waals surface area contributed by atoms with Gasteiger partial charge in [0.25, 0.3) is 0 Å². The zero-order chi connectivity index (χ0) is 12.3. The predicted octanol–water partition coefficient (Wildman–Crippen LogP) is 2.83. The largest absolute Gasteiger partial charge is 0.496 e. The number of hydrogen-bond donors (Lipinski definition) is 1. The van der Waals surface area contributed by atoms with Crippen LogP contribution in [0, 0.1) is 18.2 Å². The van der Waals surface area contributed by atoms with Gasteiger partial charge in [-0.05, 0) is 28.9 Å². The molecule has 0 heterocycles. The number of ether oxygens (including phenoxy) is 1. The van der Waals surface area contributed by atoms with Crippen molar-refractivity contribution in [2.24, 2.45) is 0 Å². The molecule has 0 bridgehead atoms. The minimum atomic E-state index is -1.24. The number of terminal acetylenes is 1. The van der Waals surface area contributed by atoms with Crippen molar-refractivity contribution in [1.82, 2.24) is 0 Å². The number of methoxy groups -OCH3 is 1. The van der Waals surface area contributed by atoms with Gasteiger partial charge in [0, 0.05) is 18.1 Å². The normalized spacial score (nSPS) is 14.0. The third-order valence-corrected chi connectivity index (χ3v) is 2.88. The van der Waals surface area contributed by atoms with E-state index >= 15 is 0 Å². The van der Waals surface area contributed by atoms with Crippen molar-refractivity contribution in [3.63, 3.8) is 0 Å². The van der Waals surface area contributed by atoms with E-state index in [-0.39, 0.29) is 16.6 Å². The molecule has 0 radical (unpaired) electrons. The van der Waals surface area contributed by atoms with Gasteiger partial charge in [0.2, 0.25) is 0 Å². The van der Waals surface area contributed by atoms with Crippen LogP contribution in [0.15, 0.2) is 16.6 Å². The molecule has 0 aliphatic rings. The molecule has 0 unspecified atom stereocenters. The second-order valence-corrected chi connectivity index (χ2v) is 4.48. The van der Waals surface area contributed by atoms with Crippen molar-refractivity contribution in [3.05, 3.63) is 28.0 Å². The molecule has 4 heteroatoms. The fourth-order valence-corrected chi connectivity index (χ4v) is 1.76. The summed E-state index contributed by atoms with van der Waals surface area (Å²) in [6, 6.07) is 2.69. The summed E-state index contributed by atoms with van der Waals surface area (Å²) in [7, 11) is 1.41. The van der Waals surface area contributed by atoms with Gasteiger partial charge in [0.1, 0.15) is 17.2 Å². The van der Waals surface area contributed by atoms with Gasteiger partial charge in [-0.2, -0.15) is 0 Å². The Kier molecular flexibility index (Phi) is 3.95. The van der Waals surface area contributed by atoms with E-state index in [0.717, 1.165) is 0 Å². The minimum absolute atomic E-state index is 0.126. The topological polar surface area (TPSA) is 29.5 Å². The summed E-state index contributed by atoms with van der Waals surface area (Å²) in [5.74, 6) is 2.21. The van der Waals surface area contributed by atoms with Crippen LogP contribution in [-0.4, -0.2) is 12.2 Å². The fourth-order valence-electron chi connectivity index (χ4n) is 1.41. The second-order valence-electron chi connectivity index (χ2n) is 3.62. The molecule has 86 valence electrons. The highest BCUT2D eigenvalue weighted by Gasteiger charge is 2.27. The van der Waals surface area contributed by atoms with E-state index in [0.29, 0.717) is 5.56 Å². The maximum absolute atomic E-state index is 13.3. The van der Waals surface area contributed by atoms with Crippen LogP contribution < -0.4 is 4.74 Å². The maximum Gasteiger partial charge on any atom is 0.141 e. The molecule has 0 spiro atoms. The van der Waals surface area contributed by atoms with E-state index in [1.165, 1.54) is 19.2 Å². The molecule has 0 aromatic heterocycles. The Hall–Kier alpha value is -1.05. The first-order valence-electron chi connectivity index (χ1n) is 4.61. The van der Waals surface area contributed by atoms with E-state index < -0.39 is 11.4 Å². The van der Waals surface area contributed by atoms with Crippen LogP contribution in [0.4, 0.5) is 4.39 Å². The average Bonchev–Trinajstić information content (AvgIpc) is 2.21. The van der Waals surface area contributed by atoms with Gasteiger partial charge in [0.15, 0.2) is 0 Å². The summed E-state index contributed by atoms with van der Waals surface area (Å²) in [6.45, 7) is 1.56. The standard InChI is InChI=1S/C12H12BrFO2/c1-4-5-12(2,15)8-6-9(13)10(14)7-11(8)16-3/h1,6-7,15H,5H2,2-3H3/t12-/m0/s1. The minimum Gasteiger partial charge on any atom is -0.496 e. The fraction of sp³-hybridized carbons (Fsp3) is 0.333. The van der Waals surface area contributed by atoms with Gasteiger partial charge in [-0.1, -0.05) is 0 Å². The molecule has 1 rings (SSSR count). The first kappa shape index (κ1) is 13.0. The zero-order valence-electron chi connectivity index (χ0n) is 9.05. The van der Waals surface area contributed by atoms with Crippen LogP contribution >= 0.6 is 15.9 Å². The van der Waals surface area contributed by atoms with Crippen molar-refractivity contribution in [3.8, 4) is 18.1 Å². The molecular formula is C12H12BrFO2. The molecule has 1 N–H and O–H groups in total. The lowest BCUT2D eigenvalue weighted by molar-refractivity contribution is 0.0600. The Morgan fingerprint density at radius 3 is 2.75 bits per heavy atom. The number of benzene rings is 1. The smallest absolute Gasteiger partial charge is 0.141 e. The van der Waals surface area contributed by atoms with Crippen molar-refractivity contribution >= 4 is 15.9 Å². The summed E-state index contributed by atoms with van der Waals surface area (Å²) in [4.78, 5) is 0. The van der Waals surface area contributed by atoms with Crippen LogP contribution in [-0.2, 0) is 5.60 Å². The third-order valence-electron chi connectivity index (χ3n) is 2.27. The molecule has 1 atom stereocenters. The Labute approximate surface area is 103 Å². The lowest BCUT2D eigenvalue weighted by Gasteiger charge is -2.24. The van der Waals surface area contributed by atoms with E-state index in [9.17, 15) is 9.50 Å². The molecule has 1 aromatic carbocycles. The highest BCUT2D eigenvalue weighted by Crippen LogP contribution is 2.35. The zero-order valence-corrected chi connectivity index (χ0v) is 10.6. The SMILES string of the molecule is C#CC[C@](C)(O)c1cc(Br)c(F)cc1OC. The monoisotopic (exact) mass is 286 g/mol. The van der Waals surface area contributed by atoms with E-state index in [4.69, 9.17) is 11.2 Å². The van der Waals surface area contributed by atoms with Crippen LogP contribution in [0.2, 0.25) is 0 Å². The Balaban J connectivity index is 3.32. The van der Waals surface area contributed by atoms with Gasteiger partial charge < -0.3 is 9.84 Å². The van der Waals surface area contributed by atoms with Crippen molar-refractivity contribution in [2.75, 3.05) is 7.11 Å². The molecule has 0 aliphatic heterocycles. The summed E-state index contributed by atoms with van der Waals surface area (Å²) < 4.78 is 18.6. The van der Waals surface area contributed by atoms with Gasteiger partial charge in [-0.25, -0.2) is 4.39 Å². The molecule has 0 aliphatic carbocycles. The van der Waals surface area contributed by atoms with Crippen LogP contribution in [0.3, 0.4) is 0 Å². The molecule has 16 heavy (non-hydrogen) atoms. The molecule has 0 fully saturated rings. The van der Waals surface area contributed by atoms with E-state index in [1.54, 1.807) is 6.92 Å². The van der Waals surface area contributed by atoms with Gasteiger partial charge in [0.05, 0.1) is 11.6 Å². The number of rotatable bonds is 3. The van der Waals surface area contributed by atoms with Crippen LogP contribution in [0.1, 0.15) is 18.9 Å². The van der Waals surface area contributed by atoms with Gasteiger partial charge >= 0.3 is 0 Å². The van der Waals surface area contributed by atoms with Crippen LogP contribution in [0.5, 0.6) is 5.75 Å². The lowest BCUT2D eigenvalue weighted by atomic mass is 9.92. The predicted molar refractivity (Wildman–Crippen MR) is 63.7 cm³/mol. The van der Waals surface area contributed by atoms with Gasteiger partial charge in [-0.15, -0.1) is 12.3 Å². The van der Waals surface area contributed by atoms with Crippen molar-refractivity contribution in [2.45, 2.75) is 18.9 Å².